The fourth-order valence-corrected chi connectivity index (χ4v) is 1.97. The number of benzene rings is 2. The number of rotatable bonds is 3. The normalized spacial score (nSPS) is 10.9. The molecule has 0 fully saturated rings. The van der Waals surface area contributed by atoms with E-state index in [2.05, 4.69) is 15.9 Å². The first kappa shape index (κ1) is 14.4. The maximum atomic E-state index is 13.4. The summed E-state index contributed by atoms with van der Waals surface area (Å²) in [7, 11) is 0. The molecule has 2 rings (SSSR count). The van der Waals surface area contributed by atoms with Crippen LogP contribution < -0.4 is 0 Å². The molecule has 0 amide bonds. The number of hydrogen-bond acceptors (Lipinski definition) is 2. The lowest BCUT2D eigenvalue weighted by Crippen LogP contribution is -1.99. The summed E-state index contributed by atoms with van der Waals surface area (Å²) in [5, 5.41) is 9.34. The molecule has 0 aliphatic heterocycles. The monoisotopic (exact) mass is 338 g/mol. The lowest BCUT2D eigenvalue weighted by Gasteiger charge is -2.00. The highest BCUT2D eigenvalue weighted by Crippen LogP contribution is 2.24. The van der Waals surface area contributed by atoms with Crippen molar-refractivity contribution in [2.24, 2.45) is 0 Å². The van der Waals surface area contributed by atoms with Gasteiger partial charge in [0.15, 0.2) is 5.78 Å². The summed E-state index contributed by atoms with van der Waals surface area (Å²) in [5.74, 6) is -2.11. The van der Waals surface area contributed by atoms with Crippen LogP contribution in [0.25, 0.3) is 6.08 Å². The van der Waals surface area contributed by atoms with Gasteiger partial charge in [0.2, 0.25) is 0 Å². The minimum absolute atomic E-state index is 0.0815. The van der Waals surface area contributed by atoms with Gasteiger partial charge in [-0.2, -0.15) is 0 Å². The van der Waals surface area contributed by atoms with Crippen molar-refractivity contribution in [1.29, 1.82) is 0 Å². The van der Waals surface area contributed by atoms with Crippen LogP contribution in [0.4, 0.5) is 8.78 Å². The second kappa shape index (κ2) is 5.96. The fraction of sp³-hybridized carbons (Fsp3) is 0. The quantitative estimate of drug-likeness (QED) is 0.668. The predicted octanol–water partition coefficient (Wildman–Crippen LogP) is 4.33. The van der Waals surface area contributed by atoms with Gasteiger partial charge in [-0.25, -0.2) is 8.78 Å². The second-order valence-electron chi connectivity index (χ2n) is 4.03. The average molecular weight is 339 g/mol. The van der Waals surface area contributed by atoms with E-state index in [4.69, 9.17) is 0 Å². The molecule has 0 bridgehead atoms. The molecule has 0 spiro atoms. The van der Waals surface area contributed by atoms with Crippen LogP contribution in [0, 0.1) is 11.6 Å². The van der Waals surface area contributed by atoms with E-state index in [1.807, 2.05) is 0 Å². The van der Waals surface area contributed by atoms with Crippen LogP contribution in [0.5, 0.6) is 5.75 Å². The Balaban J connectivity index is 2.22. The Morgan fingerprint density at radius 2 is 1.90 bits per heavy atom. The van der Waals surface area contributed by atoms with Crippen molar-refractivity contribution >= 4 is 27.8 Å². The van der Waals surface area contributed by atoms with Crippen LogP contribution in [-0.4, -0.2) is 10.9 Å². The molecule has 2 aromatic rings. The van der Waals surface area contributed by atoms with Gasteiger partial charge in [-0.1, -0.05) is 12.1 Å². The van der Waals surface area contributed by atoms with Gasteiger partial charge in [0.05, 0.1) is 10.0 Å². The van der Waals surface area contributed by atoms with Gasteiger partial charge < -0.3 is 5.11 Å². The summed E-state index contributed by atoms with van der Waals surface area (Å²) in [4.78, 5) is 11.8. The number of carbonyl (C=O) groups excluding carboxylic acids is 1. The molecular formula is C15H9BrF2O2. The number of carbonyl (C=O) groups is 1. The molecule has 2 aromatic carbocycles. The average Bonchev–Trinajstić information content (AvgIpc) is 2.40. The summed E-state index contributed by atoms with van der Waals surface area (Å²) in [6, 6.07) is 7.47. The number of hydrogen-bond donors (Lipinski definition) is 1. The molecular weight excluding hydrogens is 330 g/mol. The minimum atomic E-state index is -0.897. The third-order valence-electron chi connectivity index (χ3n) is 2.60. The number of ketones is 1. The number of phenols is 1. The topological polar surface area (TPSA) is 37.3 Å². The summed E-state index contributed by atoms with van der Waals surface area (Å²) >= 11 is 3.15. The maximum absolute atomic E-state index is 13.4. The summed E-state index contributed by atoms with van der Waals surface area (Å²) in [6.07, 6.45) is 2.67. The molecule has 0 atom stereocenters. The Hall–Kier alpha value is -2.01. The van der Waals surface area contributed by atoms with Crippen molar-refractivity contribution in [3.05, 3.63) is 69.7 Å². The van der Waals surface area contributed by atoms with Crippen LogP contribution >= 0.6 is 15.9 Å². The second-order valence-corrected chi connectivity index (χ2v) is 4.89. The number of phenolic OH excluding ortho intramolecular Hbond substituents is 1. The zero-order valence-electron chi connectivity index (χ0n) is 10.1. The highest BCUT2D eigenvalue weighted by Gasteiger charge is 2.09. The van der Waals surface area contributed by atoms with Crippen molar-refractivity contribution in [3.8, 4) is 5.75 Å². The van der Waals surface area contributed by atoms with E-state index >= 15 is 0 Å². The van der Waals surface area contributed by atoms with E-state index < -0.39 is 17.4 Å². The van der Waals surface area contributed by atoms with Crippen molar-refractivity contribution in [3.63, 3.8) is 0 Å². The smallest absolute Gasteiger partial charge is 0.188 e. The van der Waals surface area contributed by atoms with Crippen molar-refractivity contribution in [2.75, 3.05) is 0 Å². The molecule has 5 heteroatoms. The number of halogens is 3. The Kier molecular flexibility index (Phi) is 4.29. The van der Waals surface area contributed by atoms with Crippen LogP contribution in [0.15, 0.2) is 46.9 Å². The highest BCUT2D eigenvalue weighted by atomic mass is 79.9. The molecule has 0 saturated carbocycles. The number of aromatic hydroxyl groups is 1. The van der Waals surface area contributed by atoms with E-state index in [0.29, 0.717) is 16.1 Å². The minimum Gasteiger partial charge on any atom is -0.507 e. The van der Waals surface area contributed by atoms with Crippen molar-refractivity contribution in [1.82, 2.24) is 0 Å². The van der Waals surface area contributed by atoms with Gasteiger partial charge in [0.1, 0.15) is 17.4 Å². The van der Waals surface area contributed by atoms with Crippen LogP contribution in [0.2, 0.25) is 0 Å². The third-order valence-corrected chi connectivity index (χ3v) is 3.23. The van der Waals surface area contributed by atoms with Crippen LogP contribution in [0.3, 0.4) is 0 Å². The predicted molar refractivity (Wildman–Crippen MR) is 75.5 cm³/mol. The van der Waals surface area contributed by atoms with Gasteiger partial charge in [0, 0.05) is 6.07 Å². The zero-order valence-corrected chi connectivity index (χ0v) is 11.7. The first-order valence-electron chi connectivity index (χ1n) is 5.63. The molecule has 0 aliphatic carbocycles. The van der Waals surface area contributed by atoms with Gasteiger partial charge >= 0.3 is 0 Å². The van der Waals surface area contributed by atoms with Crippen LogP contribution in [-0.2, 0) is 0 Å². The first-order valence-corrected chi connectivity index (χ1v) is 6.42. The van der Waals surface area contributed by atoms with E-state index in [0.717, 1.165) is 12.1 Å². The molecule has 2 nitrogen and oxygen atoms in total. The molecule has 0 heterocycles. The van der Waals surface area contributed by atoms with Gasteiger partial charge in [-0.3, -0.25) is 4.79 Å². The largest absolute Gasteiger partial charge is 0.507 e. The lowest BCUT2D eigenvalue weighted by atomic mass is 10.1. The third kappa shape index (κ3) is 3.30. The molecule has 0 unspecified atom stereocenters. The zero-order chi connectivity index (χ0) is 14.7. The Morgan fingerprint density at radius 3 is 2.55 bits per heavy atom. The molecule has 102 valence electrons. The Labute approximate surface area is 122 Å². The summed E-state index contributed by atoms with van der Waals surface area (Å²) in [5.41, 5.74) is 0.464. The lowest BCUT2D eigenvalue weighted by molar-refractivity contribution is 0.104. The fourth-order valence-electron chi connectivity index (χ4n) is 1.58. The molecule has 20 heavy (non-hydrogen) atoms. The van der Waals surface area contributed by atoms with E-state index in [9.17, 15) is 18.7 Å². The Bertz CT molecular complexity index is 696. The van der Waals surface area contributed by atoms with Gasteiger partial charge in [0.25, 0.3) is 0 Å². The SMILES string of the molecule is O=C(/C=C/c1ccc(O)c(Br)c1)c1ccc(F)cc1F. The Morgan fingerprint density at radius 1 is 1.15 bits per heavy atom. The molecule has 0 aliphatic rings. The highest BCUT2D eigenvalue weighted by molar-refractivity contribution is 9.10. The molecule has 0 radical (unpaired) electrons. The first-order chi connectivity index (χ1) is 9.47. The summed E-state index contributed by atoms with van der Waals surface area (Å²) < 4.78 is 26.6. The van der Waals surface area contributed by atoms with E-state index in [1.165, 1.54) is 18.2 Å². The molecule has 0 saturated heterocycles. The maximum Gasteiger partial charge on any atom is 0.188 e. The van der Waals surface area contributed by atoms with E-state index in [1.54, 1.807) is 12.1 Å². The van der Waals surface area contributed by atoms with Crippen LogP contribution in [0.1, 0.15) is 15.9 Å². The number of allylic oxidation sites excluding steroid dienone is 1. The van der Waals surface area contributed by atoms with Gasteiger partial charge in [-0.15, -0.1) is 0 Å². The summed E-state index contributed by atoms with van der Waals surface area (Å²) in [6.45, 7) is 0. The standard InChI is InChI=1S/C15H9BrF2O2/c16-12-7-9(2-6-15(12)20)1-5-14(19)11-4-3-10(17)8-13(11)18/h1-8,20H/b5-1+. The molecule has 1 N–H and O–H groups in total. The van der Waals surface area contributed by atoms with E-state index in [-0.39, 0.29) is 11.3 Å². The van der Waals surface area contributed by atoms with Crippen molar-refractivity contribution < 1.29 is 18.7 Å². The van der Waals surface area contributed by atoms with Gasteiger partial charge in [-0.05, 0) is 51.8 Å². The molecule has 0 aromatic heterocycles. The van der Waals surface area contributed by atoms with Crippen molar-refractivity contribution in [2.45, 2.75) is 0 Å².